The zero-order valence-electron chi connectivity index (χ0n) is 15.1. The smallest absolute Gasteiger partial charge is 0.424 e. The number of anilines is 1. The molecular weight excluding hydrogens is 349 g/mol. The third-order valence-corrected chi connectivity index (χ3v) is 3.92. The van der Waals surface area contributed by atoms with Crippen molar-refractivity contribution in [1.82, 2.24) is 0 Å². The molecule has 1 amide bonds. The predicted molar refractivity (Wildman–Crippen MR) is 90.8 cm³/mol. The topological polar surface area (TPSA) is 59.0 Å². The molecule has 0 saturated carbocycles. The summed E-state index contributed by atoms with van der Waals surface area (Å²) in [4.78, 5) is 24.2. The van der Waals surface area contributed by atoms with Gasteiger partial charge in [0.1, 0.15) is 0 Å². The first-order valence-electron chi connectivity index (χ1n) is 7.78. The summed E-state index contributed by atoms with van der Waals surface area (Å²) in [5.74, 6) is -2.65. The molecule has 0 atom stereocenters. The molecule has 0 fully saturated rings. The van der Waals surface area contributed by atoms with Crippen molar-refractivity contribution in [2.75, 3.05) is 12.1 Å². The fourth-order valence-electron chi connectivity index (χ4n) is 2.53. The maximum atomic E-state index is 13.3. The van der Waals surface area contributed by atoms with E-state index in [4.69, 9.17) is 0 Å². The van der Waals surface area contributed by atoms with Gasteiger partial charge in [-0.05, 0) is 30.0 Å². The van der Waals surface area contributed by atoms with Crippen LogP contribution in [0, 0.1) is 0 Å². The molecule has 5 nitrogen and oxygen atoms in total. The largest absolute Gasteiger partial charge is 0.465 e. The van der Waals surface area contributed by atoms with Crippen LogP contribution in [0.5, 0.6) is 0 Å². The summed E-state index contributed by atoms with van der Waals surface area (Å²) >= 11 is 0. The van der Waals surface area contributed by atoms with Crippen molar-refractivity contribution in [3.05, 3.63) is 41.0 Å². The van der Waals surface area contributed by atoms with Crippen molar-refractivity contribution in [3.8, 4) is 0 Å². The first kappa shape index (κ1) is 19.7. The average Bonchev–Trinajstić information content (AvgIpc) is 2.81. The molecule has 8 heteroatoms. The van der Waals surface area contributed by atoms with Crippen LogP contribution in [0.1, 0.15) is 33.3 Å². The molecule has 0 saturated heterocycles. The summed E-state index contributed by atoms with van der Waals surface area (Å²) in [5, 5.41) is 4.75. The predicted octanol–water partition coefficient (Wildman–Crippen LogP) is 3.74. The van der Waals surface area contributed by atoms with Crippen molar-refractivity contribution < 1.29 is 27.5 Å². The number of halogens is 3. The van der Waals surface area contributed by atoms with E-state index in [1.165, 1.54) is 6.92 Å². The Kier molecular flexibility index (Phi) is 4.98. The molecule has 0 radical (unpaired) electrons. The molecule has 1 aromatic rings. The quantitative estimate of drug-likeness (QED) is 0.590. The number of rotatable bonds is 2. The van der Waals surface area contributed by atoms with Gasteiger partial charge in [0.15, 0.2) is 5.57 Å². The lowest BCUT2D eigenvalue weighted by Crippen LogP contribution is -2.29. The summed E-state index contributed by atoms with van der Waals surface area (Å²) in [6.45, 7) is 7.28. The summed E-state index contributed by atoms with van der Waals surface area (Å²) < 4.78 is 44.1. The Morgan fingerprint density at radius 1 is 1.12 bits per heavy atom. The normalized spacial score (nSPS) is 17.3. The van der Waals surface area contributed by atoms with Gasteiger partial charge in [-0.15, -0.1) is 0 Å². The van der Waals surface area contributed by atoms with E-state index < -0.39 is 29.2 Å². The molecule has 140 valence electrons. The van der Waals surface area contributed by atoms with E-state index in [9.17, 15) is 22.8 Å². The first-order valence-corrected chi connectivity index (χ1v) is 7.78. The molecule has 1 aliphatic rings. The van der Waals surface area contributed by atoms with Crippen LogP contribution in [0.4, 0.5) is 18.9 Å². The molecule has 1 aliphatic heterocycles. The van der Waals surface area contributed by atoms with Gasteiger partial charge in [0.25, 0.3) is 5.91 Å². The second kappa shape index (κ2) is 6.59. The molecule has 0 N–H and O–H groups in total. The SMILES string of the molecule is COC(=O)C(=C1C(=O)N(c2ccc(C(C)(C)C)cc2)N=C1C)C(F)(F)F. The number of alkyl halides is 3. The second-order valence-electron chi connectivity index (χ2n) is 6.84. The monoisotopic (exact) mass is 368 g/mol. The van der Waals surface area contributed by atoms with Crippen molar-refractivity contribution in [3.63, 3.8) is 0 Å². The van der Waals surface area contributed by atoms with Crippen LogP contribution in [0.15, 0.2) is 40.5 Å². The van der Waals surface area contributed by atoms with Crippen molar-refractivity contribution in [2.45, 2.75) is 39.3 Å². The summed E-state index contributed by atoms with van der Waals surface area (Å²) in [7, 11) is 0.823. The van der Waals surface area contributed by atoms with Crippen molar-refractivity contribution in [1.29, 1.82) is 0 Å². The molecule has 1 heterocycles. The fourth-order valence-corrected chi connectivity index (χ4v) is 2.53. The Bertz CT molecular complexity index is 800. The number of methoxy groups -OCH3 is 1. The highest BCUT2D eigenvalue weighted by molar-refractivity contribution is 6.32. The molecule has 0 unspecified atom stereocenters. The number of carbonyl (C=O) groups is 2. The first-order chi connectivity index (χ1) is 11.9. The van der Waals surface area contributed by atoms with E-state index in [0.717, 1.165) is 17.7 Å². The van der Waals surface area contributed by atoms with E-state index in [2.05, 4.69) is 9.84 Å². The molecule has 0 aromatic heterocycles. The van der Waals surface area contributed by atoms with Gasteiger partial charge in [-0.3, -0.25) is 4.79 Å². The molecule has 26 heavy (non-hydrogen) atoms. The molecular formula is C18H19F3N2O3. The number of hydrazone groups is 1. The van der Waals surface area contributed by atoms with Gasteiger partial charge in [-0.1, -0.05) is 32.9 Å². The van der Waals surface area contributed by atoms with Crippen LogP contribution in [0.2, 0.25) is 0 Å². The van der Waals surface area contributed by atoms with Gasteiger partial charge in [-0.2, -0.15) is 23.3 Å². The Morgan fingerprint density at radius 3 is 2.08 bits per heavy atom. The van der Waals surface area contributed by atoms with Gasteiger partial charge in [0.05, 0.1) is 24.1 Å². The second-order valence-corrected chi connectivity index (χ2v) is 6.84. The van der Waals surface area contributed by atoms with E-state index >= 15 is 0 Å². The Labute approximate surface area is 149 Å². The minimum atomic E-state index is -5.04. The van der Waals surface area contributed by atoms with Crippen LogP contribution in [-0.4, -0.2) is 30.9 Å². The van der Waals surface area contributed by atoms with Crippen LogP contribution in [-0.2, 0) is 19.7 Å². The fraction of sp³-hybridized carbons (Fsp3) is 0.389. The Balaban J connectivity index is 2.50. The van der Waals surface area contributed by atoms with E-state index in [0.29, 0.717) is 5.69 Å². The third-order valence-electron chi connectivity index (χ3n) is 3.92. The molecule has 0 bridgehead atoms. The van der Waals surface area contributed by atoms with Crippen molar-refractivity contribution in [2.24, 2.45) is 5.10 Å². The number of carbonyl (C=O) groups excluding carboxylic acids is 2. The zero-order valence-corrected chi connectivity index (χ0v) is 15.1. The van der Waals surface area contributed by atoms with Gasteiger partial charge < -0.3 is 4.74 Å². The number of amides is 1. The van der Waals surface area contributed by atoms with Gasteiger partial charge in [0, 0.05) is 0 Å². The van der Waals surface area contributed by atoms with E-state index in [-0.39, 0.29) is 11.1 Å². The lowest BCUT2D eigenvalue weighted by molar-refractivity contribution is -0.148. The lowest BCUT2D eigenvalue weighted by atomic mass is 9.87. The number of hydrogen-bond acceptors (Lipinski definition) is 4. The minimum absolute atomic E-state index is 0.119. The van der Waals surface area contributed by atoms with Crippen LogP contribution < -0.4 is 5.01 Å². The van der Waals surface area contributed by atoms with Gasteiger partial charge in [0.2, 0.25) is 0 Å². The minimum Gasteiger partial charge on any atom is -0.465 e. The molecule has 1 aromatic carbocycles. The maximum Gasteiger partial charge on any atom is 0.424 e. The van der Waals surface area contributed by atoms with E-state index in [1.54, 1.807) is 24.3 Å². The summed E-state index contributed by atoms with van der Waals surface area (Å²) in [6.07, 6.45) is -5.04. The van der Waals surface area contributed by atoms with E-state index in [1.807, 2.05) is 20.8 Å². The van der Waals surface area contributed by atoms with Crippen molar-refractivity contribution >= 4 is 23.3 Å². The Hall–Kier alpha value is -2.64. The average molecular weight is 368 g/mol. The van der Waals surface area contributed by atoms with Gasteiger partial charge in [-0.25, -0.2) is 4.79 Å². The number of nitrogens with zero attached hydrogens (tertiary/aromatic N) is 2. The van der Waals surface area contributed by atoms with Crippen LogP contribution in [0.25, 0.3) is 0 Å². The van der Waals surface area contributed by atoms with Crippen LogP contribution in [0.3, 0.4) is 0 Å². The number of ether oxygens (including phenoxy) is 1. The Morgan fingerprint density at radius 2 is 1.65 bits per heavy atom. The summed E-state index contributed by atoms with van der Waals surface area (Å²) in [6, 6.07) is 6.76. The standard InChI is InChI=1S/C18H19F3N2O3/c1-10-13(14(16(25)26-5)18(19,20)21)15(24)23(22-10)12-8-6-11(7-9-12)17(2,3)4/h6-9H,1-5H3. The summed E-state index contributed by atoms with van der Waals surface area (Å²) in [5.41, 5.74) is -1.47. The molecule has 0 spiro atoms. The lowest BCUT2D eigenvalue weighted by Gasteiger charge is -2.20. The molecule has 0 aliphatic carbocycles. The molecule has 2 rings (SSSR count). The zero-order chi connectivity index (χ0) is 19.9. The highest BCUT2D eigenvalue weighted by atomic mass is 19.4. The van der Waals surface area contributed by atoms with Crippen LogP contribution >= 0.6 is 0 Å². The number of benzene rings is 1. The maximum absolute atomic E-state index is 13.3. The number of esters is 1. The van der Waals surface area contributed by atoms with Gasteiger partial charge >= 0.3 is 12.1 Å². The third kappa shape index (κ3) is 3.63. The highest BCUT2D eigenvalue weighted by Crippen LogP contribution is 2.34. The number of hydrogen-bond donors (Lipinski definition) is 0. The highest BCUT2D eigenvalue weighted by Gasteiger charge is 2.47.